The van der Waals surface area contributed by atoms with E-state index >= 15 is 0 Å². The van der Waals surface area contributed by atoms with Gasteiger partial charge in [-0.15, -0.1) is 11.3 Å². The molecule has 2 aromatic rings. The number of carbonyl (C=O) groups excluding carboxylic acids is 2. The van der Waals surface area contributed by atoms with Crippen LogP contribution in [0, 0.1) is 12.7 Å². The normalized spacial score (nSPS) is 13.3. The lowest BCUT2D eigenvalue weighted by atomic mass is 9.78. The van der Waals surface area contributed by atoms with E-state index in [0.29, 0.717) is 26.6 Å². The van der Waals surface area contributed by atoms with Crippen molar-refractivity contribution in [3.8, 4) is 0 Å². The summed E-state index contributed by atoms with van der Waals surface area (Å²) in [6.45, 7) is 3.26. The van der Waals surface area contributed by atoms with Crippen LogP contribution < -0.4 is 5.46 Å². The van der Waals surface area contributed by atoms with Gasteiger partial charge in [0, 0.05) is 6.92 Å². The molecule has 5 nitrogen and oxygen atoms in total. The lowest BCUT2D eigenvalue weighted by Crippen LogP contribution is -2.29. The zero-order valence-corrected chi connectivity index (χ0v) is 13.4. The standard InChI is InChI=1S/C15H13BFNO4S/c1-7-15(8(2)19)23-14(18-7)5-13(20)10-4-11-9(3-12(10)17)6-22-16(11)21/h3-4,21H,5-6H2,1-2H3. The number of aryl methyl sites for hydroxylation is 1. The molecule has 0 aliphatic carbocycles. The van der Waals surface area contributed by atoms with Gasteiger partial charge in [0.15, 0.2) is 11.6 Å². The van der Waals surface area contributed by atoms with Crippen molar-refractivity contribution in [3.05, 3.63) is 44.7 Å². The Labute approximate surface area is 136 Å². The van der Waals surface area contributed by atoms with Crippen LogP contribution >= 0.6 is 11.3 Å². The molecule has 8 heteroatoms. The van der Waals surface area contributed by atoms with E-state index in [9.17, 15) is 19.0 Å². The van der Waals surface area contributed by atoms with Crippen LogP contribution in [0.4, 0.5) is 4.39 Å². The van der Waals surface area contributed by atoms with Gasteiger partial charge in [-0.1, -0.05) is 0 Å². The molecular formula is C15H13BFNO4S. The number of ketones is 2. The first kappa shape index (κ1) is 16.0. The number of carbonyl (C=O) groups is 2. The van der Waals surface area contributed by atoms with Crippen molar-refractivity contribution in [2.45, 2.75) is 26.9 Å². The first-order valence-corrected chi connectivity index (χ1v) is 7.81. The summed E-state index contributed by atoms with van der Waals surface area (Å²) >= 11 is 1.14. The highest BCUT2D eigenvalue weighted by Gasteiger charge is 2.30. The number of hydrogen-bond acceptors (Lipinski definition) is 6. The highest BCUT2D eigenvalue weighted by molar-refractivity contribution is 7.13. The fourth-order valence-corrected chi connectivity index (χ4v) is 3.50. The van der Waals surface area contributed by atoms with E-state index in [1.165, 1.54) is 19.1 Å². The molecule has 0 saturated carbocycles. The Morgan fingerprint density at radius 1 is 1.48 bits per heavy atom. The van der Waals surface area contributed by atoms with E-state index in [0.717, 1.165) is 11.3 Å². The molecule has 1 aromatic heterocycles. The molecule has 1 aliphatic heterocycles. The van der Waals surface area contributed by atoms with Gasteiger partial charge >= 0.3 is 7.12 Å². The highest BCUT2D eigenvalue weighted by Crippen LogP contribution is 2.22. The Morgan fingerprint density at radius 2 is 2.22 bits per heavy atom. The highest BCUT2D eigenvalue weighted by atomic mass is 32.1. The average molecular weight is 333 g/mol. The van der Waals surface area contributed by atoms with Crippen molar-refractivity contribution < 1.29 is 23.7 Å². The zero-order chi connectivity index (χ0) is 16.7. The van der Waals surface area contributed by atoms with Gasteiger partial charge in [-0.3, -0.25) is 9.59 Å². The number of nitrogens with zero attached hydrogens (tertiary/aromatic N) is 1. The zero-order valence-electron chi connectivity index (χ0n) is 12.6. The quantitative estimate of drug-likeness (QED) is 0.677. The van der Waals surface area contributed by atoms with Gasteiger partial charge in [-0.05, 0) is 30.1 Å². The second-order valence-electron chi connectivity index (χ2n) is 5.37. The van der Waals surface area contributed by atoms with Crippen LogP contribution in [0.15, 0.2) is 12.1 Å². The molecule has 0 spiro atoms. The predicted octanol–water partition coefficient (Wildman–Crippen LogP) is 1.44. The maximum Gasteiger partial charge on any atom is 0.491 e. The number of benzene rings is 1. The maximum absolute atomic E-state index is 14.1. The van der Waals surface area contributed by atoms with Crippen LogP contribution in [0.3, 0.4) is 0 Å². The molecule has 3 rings (SSSR count). The van der Waals surface area contributed by atoms with Crippen LogP contribution in [0.25, 0.3) is 0 Å². The van der Waals surface area contributed by atoms with Gasteiger partial charge < -0.3 is 9.68 Å². The van der Waals surface area contributed by atoms with Crippen molar-refractivity contribution in [3.63, 3.8) is 0 Å². The van der Waals surface area contributed by atoms with Gasteiger partial charge in [-0.25, -0.2) is 9.37 Å². The van der Waals surface area contributed by atoms with E-state index in [2.05, 4.69) is 4.98 Å². The summed E-state index contributed by atoms with van der Waals surface area (Å²) in [6, 6.07) is 2.55. The molecule has 0 saturated heterocycles. The molecule has 1 aliphatic rings. The molecule has 0 unspecified atom stereocenters. The molecule has 0 radical (unpaired) electrons. The van der Waals surface area contributed by atoms with Crippen LogP contribution in [0.2, 0.25) is 0 Å². The molecule has 0 bridgehead atoms. The first-order chi connectivity index (χ1) is 10.9. The van der Waals surface area contributed by atoms with Gasteiger partial charge in [0.1, 0.15) is 10.8 Å². The van der Waals surface area contributed by atoms with Crippen molar-refractivity contribution in [1.29, 1.82) is 0 Å². The number of thiazole rings is 1. The average Bonchev–Trinajstić information content (AvgIpc) is 3.01. The lowest BCUT2D eigenvalue weighted by Gasteiger charge is -2.05. The number of rotatable bonds is 4. The number of hydrogen-bond donors (Lipinski definition) is 1. The van der Waals surface area contributed by atoms with Crippen molar-refractivity contribution in [1.82, 2.24) is 4.98 Å². The predicted molar refractivity (Wildman–Crippen MR) is 83.7 cm³/mol. The summed E-state index contributed by atoms with van der Waals surface area (Å²) in [6.07, 6.45) is -0.0918. The van der Waals surface area contributed by atoms with E-state index in [1.54, 1.807) is 6.92 Å². The van der Waals surface area contributed by atoms with Crippen LogP contribution in [-0.2, 0) is 17.7 Å². The third kappa shape index (κ3) is 2.97. The minimum Gasteiger partial charge on any atom is -0.423 e. The van der Waals surface area contributed by atoms with E-state index in [1.807, 2.05) is 0 Å². The van der Waals surface area contributed by atoms with E-state index in [-0.39, 0.29) is 24.4 Å². The number of halogens is 1. The third-order valence-corrected chi connectivity index (χ3v) is 4.92. The molecule has 0 atom stereocenters. The Hall–Kier alpha value is -1.90. The van der Waals surface area contributed by atoms with Crippen LogP contribution in [0.1, 0.15) is 43.2 Å². The molecule has 0 fully saturated rings. The summed E-state index contributed by atoms with van der Waals surface area (Å²) < 4.78 is 19.1. The monoisotopic (exact) mass is 333 g/mol. The molecule has 1 N–H and O–H groups in total. The minimum atomic E-state index is -1.14. The minimum absolute atomic E-state index is 0.0918. The summed E-state index contributed by atoms with van der Waals surface area (Å²) in [5.41, 5.74) is 1.42. The third-order valence-electron chi connectivity index (χ3n) is 3.66. The first-order valence-electron chi connectivity index (χ1n) is 6.99. The Balaban J connectivity index is 1.88. The largest absolute Gasteiger partial charge is 0.491 e. The van der Waals surface area contributed by atoms with Gasteiger partial charge in [0.25, 0.3) is 0 Å². The summed E-state index contributed by atoms with van der Waals surface area (Å²) in [5.74, 6) is -1.21. The van der Waals surface area contributed by atoms with Gasteiger partial charge in [0.2, 0.25) is 0 Å². The fraction of sp³-hybridized carbons (Fsp3) is 0.267. The molecule has 23 heavy (non-hydrogen) atoms. The molecule has 2 heterocycles. The second-order valence-corrected chi connectivity index (χ2v) is 6.46. The topological polar surface area (TPSA) is 76.5 Å². The molecule has 0 amide bonds. The summed E-state index contributed by atoms with van der Waals surface area (Å²) in [4.78, 5) is 28.5. The lowest BCUT2D eigenvalue weighted by molar-refractivity contribution is 0.0986. The summed E-state index contributed by atoms with van der Waals surface area (Å²) in [5, 5.41) is 10.1. The van der Waals surface area contributed by atoms with Gasteiger partial charge in [0.05, 0.1) is 29.2 Å². The van der Waals surface area contributed by atoms with E-state index in [4.69, 9.17) is 4.65 Å². The maximum atomic E-state index is 14.1. The van der Waals surface area contributed by atoms with Gasteiger partial charge in [-0.2, -0.15) is 0 Å². The second kappa shape index (κ2) is 5.95. The number of Topliss-reactive ketones (excluding diaryl/α,β-unsaturated/α-hetero) is 2. The Kier molecular flexibility index (Phi) is 4.14. The Morgan fingerprint density at radius 3 is 2.87 bits per heavy atom. The van der Waals surface area contributed by atoms with Crippen molar-refractivity contribution in [2.24, 2.45) is 0 Å². The Bertz CT molecular complexity index is 820. The fourth-order valence-electron chi connectivity index (χ4n) is 2.55. The smallest absolute Gasteiger partial charge is 0.423 e. The van der Waals surface area contributed by atoms with Crippen LogP contribution in [-0.4, -0.2) is 28.7 Å². The van der Waals surface area contributed by atoms with Crippen LogP contribution in [0.5, 0.6) is 0 Å². The molecular weight excluding hydrogens is 320 g/mol. The number of aromatic nitrogens is 1. The SMILES string of the molecule is CC(=O)c1sc(CC(=O)c2cc3c(cc2F)COB3O)nc1C. The summed E-state index contributed by atoms with van der Waals surface area (Å²) in [7, 11) is -1.14. The van der Waals surface area contributed by atoms with E-state index < -0.39 is 18.7 Å². The molecule has 118 valence electrons. The van der Waals surface area contributed by atoms with Crippen molar-refractivity contribution in [2.75, 3.05) is 0 Å². The molecule has 1 aromatic carbocycles. The van der Waals surface area contributed by atoms with Crippen molar-refractivity contribution >= 4 is 35.5 Å². The number of fused-ring (bicyclic) bond motifs is 1.